The van der Waals surface area contributed by atoms with Crippen molar-refractivity contribution in [2.75, 3.05) is 11.9 Å². The Labute approximate surface area is 121 Å². The van der Waals surface area contributed by atoms with E-state index in [1.54, 1.807) is 10.9 Å². The lowest BCUT2D eigenvalue weighted by Crippen LogP contribution is -2.27. The Kier molecular flexibility index (Phi) is 3.23. The second-order valence-corrected chi connectivity index (χ2v) is 5.24. The molecular weight excluding hydrogens is 276 g/mol. The number of carbonyl (C=O) groups is 1. The number of benzene rings is 1. The monoisotopic (exact) mass is 290 g/mol. The molecule has 0 fully saturated rings. The van der Waals surface area contributed by atoms with Crippen molar-refractivity contribution in [3.8, 4) is 5.69 Å². The number of aryl methyl sites for hydroxylation is 1. The van der Waals surface area contributed by atoms with Gasteiger partial charge in [-0.1, -0.05) is 18.5 Å². The van der Waals surface area contributed by atoms with Crippen LogP contribution in [0, 0.1) is 6.92 Å². The molecule has 3 rings (SSSR count). The van der Waals surface area contributed by atoms with Crippen molar-refractivity contribution in [2.24, 2.45) is 0 Å². The summed E-state index contributed by atoms with van der Waals surface area (Å²) >= 11 is 6.34. The Morgan fingerprint density at radius 1 is 1.50 bits per heavy atom. The second kappa shape index (κ2) is 4.92. The van der Waals surface area contributed by atoms with E-state index >= 15 is 0 Å². The summed E-state index contributed by atoms with van der Waals surface area (Å²) in [5, 5.41) is 10.8. The van der Waals surface area contributed by atoms with E-state index in [1.165, 1.54) is 0 Å². The molecule has 104 valence electrons. The molecule has 6 heteroatoms. The number of fused-ring (bicyclic) bond motifs is 1. The van der Waals surface area contributed by atoms with E-state index < -0.39 is 0 Å². The lowest BCUT2D eigenvalue weighted by molar-refractivity contribution is -0.117. The van der Waals surface area contributed by atoms with Crippen molar-refractivity contribution in [1.82, 2.24) is 15.1 Å². The van der Waals surface area contributed by atoms with Crippen LogP contribution in [-0.4, -0.2) is 22.2 Å². The minimum Gasteiger partial charge on any atom is -0.324 e. The maximum absolute atomic E-state index is 11.9. The van der Waals surface area contributed by atoms with E-state index in [1.807, 2.05) is 32.2 Å². The molecule has 0 saturated heterocycles. The third-order valence-electron chi connectivity index (χ3n) is 3.32. The van der Waals surface area contributed by atoms with Crippen LogP contribution >= 0.6 is 11.6 Å². The van der Waals surface area contributed by atoms with Crippen molar-refractivity contribution in [3.63, 3.8) is 0 Å². The van der Waals surface area contributed by atoms with E-state index in [0.717, 1.165) is 29.0 Å². The van der Waals surface area contributed by atoms with Gasteiger partial charge in [-0.25, -0.2) is 4.68 Å². The smallest absolute Gasteiger partial charge is 0.246 e. The van der Waals surface area contributed by atoms with Crippen molar-refractivity contribution < 1.29 is 4.79 Å². The van der Waals surface area contributed by atoms with Gasteiger partial charge in [-0.15, -0.1) is 0 Å². The summed E-state index contributed by atoms with van der Waals surface area (Å²) in [5.74, 6) is -0.0493. The van der Waals surface area contributed by atoms with Crippen LogP contribution in [0.25, 0.3) is 5.69 Å². The molecule has 2 aromatic rings. The molecule has 1 amide bonds. The fraction of sp³-hybridized carbons (Fsp3) is 0.286. The molecule has 0 saturated carbocycles. The zero-order valence-electron chi connectivity index (χ0n) is 11.3. The Hall–Kier alpha value is -1.85. The Balaban J connectivity index is 2.06. The fourth-order valence-electron chi connectivity index (χ4n) is 2.40. The number of hydrogen-bond donors (Lipinski definition) is 2. The van der Waals surface area contributed by atoms with Crippen LogP contribution in [0.1, 0.15) is 24.1 Å². The molecule has 2 heterocycles. The van der Waals surface area contributed by atoms with Crippen molar-refractivity contribution in [3.05, 3.63) is 40.7 Å². The van der Waals surface area contributed by atoms with Crippen LogP contribution in [0.3, 0.4) is 0 Å². The number of rotatable bonds is 3. The summed E-state index contributed by atoms with van der Waals surface area (Å²) in [5.41, 5.74) is 3.48. The number of aromatic nitrogens is 2. The normalized spacial score (nSPS) is 17.1. The molecule has 1 aliphatic rings. The Morgan fingerprint density at radius 2 is 2.30 bits per heavy atom. The number of carbonyl (C=O) groups excluding carboxylic acids is 1. The highest BCUT2D eigenvalue weighted by atomic mass is 35.5. The van der Waals surface area contributed by atoms with Gasteiger partial charge in [0.25, 0.3) is 0 Å². The predicted molar refractivity (Wildman–Crippen MR) is 78.4 cm³/mol. The van der Waals surface area contributed by atoms with E-state index in [0.29, 0.717) is 5.02 Å². The molecule has 0 bridgehead atoms. The van der Waals surface area contributed by atoms with Gasteiger partial charge in [-0.05, 0) is 31.2 Å². The van der Waals surface area contributed by atoms with Crippen molar-refractivity contribution >= 4 is 23.2 Å². The van der Waals surface area contributed by atoms with E-state index in [2.05, 4.69) is 15.7 Å². The average molecular weight is 291 g/mol. The third kappa shape index (κ3) is 2.09. The quantitative estimate of drug-likeness (QED) is 0.913. The molecule has 20 heavy (non-hydrogen) atoms. The SMILES string of the molecule is CCNC1C(=O)Nc2cc(-n3cc(C)cn3)c(Cl)cc21. The molecule has 1 aromatic carbocycles. The number of nitrogens with one attached hydrogen (secondary N) is 2. The van der Waals surface area contributed by atoms with E-state index in [-0.39, 0.29) is 11.9 Å². The third-order valence-corrected chi connectivity index (χ3v) is 3.62. The van der Waals surface area contributed by atoms with Gasteiger partial charge in [0.15, 0.2) is 0 Å². The standard InChI is InChI=1S/C14H15ClN4O/c1-3-16-13-9-4-10(15)12(5-11(9)18-14(13)20)19-7-8(2)6-17-19/h4-7,13,16H,3H2,1-2H3,(H,18,20). The van der Waals surface area contributed by atoms with Crippen LogP contribution < -0.4 is 10.6 Å². The summed E-state index contributed by atoms with van der Waals surface area (Å²) in [6.45, 7) is 4.65. The van der Waals surface area contributed by atoms with Gasteiger partial charge < -0.3 is 10.6 Å². The second-order valence-electron chi connectivity index (χ2n) is 4.83. The molecule has 1 aliphatic heterocycles. The van der Waals surface area contributed by atoms with Gasteiger partial charge in [-0.3, -0.25) is 4.79 Å². The molecule has 0 spiro atoms. The molecule has 5 nitrogen and oxygen atoms in total. The molecule has 1 unspecified atom stereocenters. The number of likely N-dealkylation sites (N-methyl/N-ethyl adjacent to an activating group) is 1. The number of anilines is 1. The Bertz CT molecular complexity index is 680. The van der Waals surface area contributed by atoms with Gasteiger partial charge in [0, 0.05) is 17.4 Å². The van der Waals surface area contributed by atoms with Crippen LogP contribution in [0.4, 0.5) is 5.69 Å². The molecule has 1 atom stereocenters. The minimum absolute atomic E-state index is 0.0493. The zero-order valence-corrected chi connectivity index (χ0v) is 12.0. The van der Waals surface area contributed by atoms with Gasteiger partial charge in [0.2, 0.25) is 5.91 Å². The number of halogens is 1. The predicted octanol–water partition coefficient (Wildman–Crippen LogP) is 2.44. The molecule has 2 N–H and O–H groups in total. The van der Waals surface area contributed by atoms with Crippen LogP contribution in [0.15, 0.2) is 24.5 Å². The first kappa shape index (κ1) is 13.1. The van der Waals surface area contributed by atoms with E-state index in [4.69, 9.17) is 11.6 Å². The van der Waals surface area contributed by atoms with Gasteiger partial charge in [0.05, 0.1) is 16.9 Å². The summed E-state index contributed by atoms with van der Waals surface area (Å²) < 4.78 is 1.71. The lowest BCUT2D eigenvalue weighted by atomic mass is 10.1. The molecule has 0 radical (unpaired) electrons. The first-order chi connectivity index (χ1) is 9.60. The summed E-state index contributed by atoms with van der Waals surface area (Å²) in [4.78, 5) is 11.9. The highest BCUT2D eigenvalue weighted by Crippen LogP contribution is 2.36. The summed E-state index contributed by atoms with van der Waals surface area (Å²) in [6.07, 6.45) is 3.66. The van der Waals surface area contributed by atoms with Gasteiger partial charge >= 0.3 is 0 Å². The fourth-order valence-corrected chi connectivity index (χ4v) is 2.66. The zero-order chi connectivity index (χ0) is 14.3. The van der Waals surface area contributed by atoms with Gasteiger partial charge in [-0.2, -0.15) is 5.10 Å². The van der Waals surface area contributed by atoms with Gasteiger partial charge in [0.1, 0.15) is 6.04 Å². The maximum Gasteiger partial charge on any atom is 0.246 e. The minimum atomic E-state index is -0.332. The Morgan fingerprint density at radius 3 is 2.95 bits per heavy atom. The molecule has 0 aliphatic carbocycles. The number of hydrogen-bond acceptors (Lipinski definition) is 3. The molecular formula is C14H15ClN4O. The maximum atomic E-state index is 11.9. The summed E-state index contributed by atoms with van der Waals surface area (Å²) in [6, 6.07) is 3.36. The van der Waals surface area contributed by atoms with Crippen molar-refractivity contribution in [1.29, 1.82) is 0 Å². The largest absolute Gasteiger partial charge is 0.324 e. The first-order valence-electron chi connectivity index (χ1n) is 6.49. The van der Waals surface area contributed by atoms with Crippen LogP contribution in [0.5, 0.6) is 0 Å². The van der Waals surface area contributed by atoms with Crippen molar-refractivity contribution in [2.45, 2.75) is 19.9 Å². The molecule has 1 aromatic heterocycles. The highest BCUT2D eigenvalue weighted by Gasteiger charge is 2.31. The first-order valence-corrected chi connectivity index (χ1v) is 6.87. The number of amides is 1. The average Bonchev–Trinajstić information content (AvgIpc) is 2.95. The summed E-state index contributed by atoms with van der Waals surface area (Å²) in [7, 11) is 0. The lowest BCUT2D eigenvalue weighted by Gasteiger charge is -2.11. The van der Waals surface area contributed by atoms with Crippen LogP contribution in [0.2, 0.25) is 5.02 Å². The number of nitrogens with zero attached hydrogens (tertiary/aromatic N) is 2. The van der Waals surface area contributed by atoms with E-state index in [9.17, 15) is 4.79 Å². The topological polar surface area (TPSA) is 59.0 Å². The van der Waals surface area contributed by atoms with Crippen LogP contribution in [-0.2, 0) is 4.79 Å². The highest BCUT2D eigenvalue weighted by molar-refractivity contribution is 6.32.